The Hall–Kier alpha value is -1.82. The molecule has 1 aliphatic rings. The summed E-state index contributed by atoms with van der Waals surface area (Å²) < 4.78 is 11.1. The van der Waals surface area contributed by atoms with Gasteiger partial charge in [-0.05, 0) is 44.1 Å². The SMILES string of the molecule is CCCCOc1ncccc1CN=C(NCC)NCC1(CCOC)CCC1. The maximum atomic E-state index is 5.82. The van der Waals surface area contributed by atoms with Crippen molar-refractivity contribution < 1.29 is 9.47 Å². The maximum absolute atomic E-state index is 5.82. The molecule has 27 heavy (non-hydrogen) atoms. The third kappa shape index (κ3) is 7.01. The van der Waals surface area contributed by atoms with Gasteiger partial charge in [-0.1, -0.05) is 25.8 Å². The van der Waals surface area contributed by atoms with Crippen molar-refractivity contribution in [2.75, 3.05) is 33.4 Å². The molecule has 6 heteroatoms. The minimum atomic E-state index is 0.356. The van der Waals surface area contributed by atoms with Crippen LogP contribution in [0, 0.1) is 5.41 Å². The van der Waals surface area contributed by atoms with E-state index in [2.05, 4.69) is 29.5 Å². The number of nitrogens with zero attached hydrogens (tertiary/aromatic N) is 2. The fraction of sp³-hybridized carbons (Fsp3) is 0.714. The summed E-state index contributed by atoms with van der Waals surface area (Å²) in [4.78, 5) is 9.13. The minimum Gasteiger partial charge on any atom is -0.477 e. The van der Waals surface area contributed by atoms with Gasteiger partial charge in [-0.15, -0.1) is 0 Å². The van der Waals surface area contributed by atoms with Gasteiger partial charge in [0.25, 0.3) is 0 Å². The van der Waals surface area contributed by atoms with Crippen LogP contribution in [0.15, 0.2) is 23.3 Å². The highest BCUT2D eigenvalue weighted by atomic mass is 16.5. The molecule has 0 atom stereocenters. The Morgan fingerprint density at radius 1 is 1.26 bits per heavy atom. The molecule has 0 spiro atoms. The number of methoxy groups -OCH3 is 1. The number of unbranched alkanes of at least 4 members (excludes halogenated alkanes) is 1. The fourth-order valence-corrected chi connectivity index (χ4v) is 3.28. The van der Waals surface area contributed by atoms with Crippen LogP contribution in [0.1, 0.15) is 57.9 Å². The summed E-state index contributed by atoms with van der Waals surface area (Å²) in [6, 6.07) is 3.97. The molecule has 0 aliphatic heterocycles. The van der Waals surface area contributed by atoms with Gasteiger partial charge in [0.05, 0.1) is 13.2 Å². The summed E-state index contributed by atoms with van der Waals surface area (Å²) in [5.41, 5.74) is 1.37. The van der Waals surface area contributed by atoms with Crippen LogP contribution in [0.3, 0.4) is 0 Å². The Bertz CT molecular complexity index is 573. The van der Waals surface area contributed by atoms with Crippen molar-refractivity contribution in [3.8, 4) is 5.88 Å². The van der Waals surface area contributed by atoms with Crippen molar-refractivity contribution in [1.29, 1.82) is 0 Å². The van der Waals surface area contributed by atoms with Crippen LogP contribution >= 0.6 is 0 Å². The Labute approximate surface area is 164 Å². The van der Waals surface area contributed by atoms with Gasteiger partial charge in [0.1, 0.15) is 0 Å². The topological polar surface area (TPSA) is 67.8 Å². The molecule has 1 aromatic heterocycles. The molecule has 0 aromatic carbocycles. The summed E-state index contributed by atoms with van der Waals surface area (Å²) in [7, 11) is 1.78. The highest BCUT2D eigenvalue weighted by Crippen LogP contribution is 2.43. The van der Waals surface area contributed by atoms with Crippen molar-refractivity contribution >= 4 is 5.96 Å². The predicted octanol–water partition coefficient (Wildman–Crippen LogP) is 3.52. The molecule has 6 nitrogen and oxygen atoms in total. The van der Waals surface area contributed by atoms with Crippen molar-refractivity contribution in [2.24, 2.45) is 10.4 Å². The molecular formula is C21H36N4O2. The zero-order valence-electron chi connectivity index (χ0n) is 17.2. The van der Waals surface area contributed by atoms with Crippen LogP contribution in [0.5, 0.6) is 5.88 Å². The molecule has 1 aliphatic carbocycles. The Morgan fingerprint density at radius 2 is 2.11 bits per heavy atom. The smallest absolute Gasteiger partial charge is 0.218 e. The largest absolute Gasteiger partial charge is 0.477 e. The molecule has 1 heterocycles. The standard InChI is InChI=1S/C21H36N4O2/c1-4-6-14-27-19-18(9-7-13-23-19)16-24-20(22-5-2)25-17-21(10-8-11-21)12-15-26-3/h7,9,13H,4-6,8,10-12,14-17H2,1-3H3,(H2,22,24,25). The fourth-order valence-electron chi connectivity index (χ4n) is 3.28. The number of nitrogens with one attached hydrogen (secondary N) is 2. The second-order valence-electron chi connectivity index (χ2n) is 7.31. The predicted molar refractivity (Wildman–Crippen MR) is 110 cm³/mol. The van der Waals surface area contributed by atoms with Crippen molar-refractivity contribution in [3.05, 3.63) is 23.9 Å². The molecule has 2 N–H and O–H groups in total. The highest BCUT2D eigenvalue weighted by molar-refractivity contribution is 5.79. The number of guanidine groups is 1. The molecule has 152 valence electrons. The van der Waals surface area contributed by atoms with Crippen LogP contribution in [-0.2, 0) is 11.3 Å². The number of hydrogen-bond donors (Lipinski definition) is 2. The summed E-state index contributed by atoms with van der Waals surface area (Å²) in [5, 5.41) is 6.88. The highest BCUT2D eigenvalue weighted by Gasteiger charge is 2.36. The lowest BCUT2D eigenvalue weighted by molar-refractivity contribution is 0.0732. The zero-order chi connectivity index (χ0) is 19.4. The lowest BCUT2D eigenvalue weighted by Crippen LogP contribution is -2.47. The summed E-state index contributed by atoms with van der Waals surface area (Å²) in [5.74, 6) is 1.55. The Balaban J connectivity index is 1.95. The van der Waals surface area contributed by atoms with E-state index < -0.39 is 0 Å². The molecule has 0 radical (unpaired) electrons. The van der Waals surface area contributed by atoms with E-state index in [0.29, 0.717) is 24.4 Å². The van der Waals surface area contributed by atoms with Gasteiger partial charge in [0, 0.05) is 38.6 Å². The lowest BCUT2D eigenvalue weighted by atomic mass is 9.67. The third-order valence-corrected chi connectivity index (χ3v) is 5.22. The number of hydrogen-bond acceptors (Lipinski definition) is 4. The van der Waals surface area contributed by atoms with E-state index in [0.717, 1.165) is 50.5 Å². The zero-order valence-corrected chi connectivity index (χ0v) is 17.2. The monoisotopic (exact) mass is 376 g/mol. The Kier molecular flexibility index (Phi) is 9.39. The van der Waals surface area contributed by atoms with E-state index in [9.17, 15) is 0 Å². The first-order valence-corrected chi connectivity index (χ1v) is 10.3. The van der Waals surface area contributed by atoms with Crippen LogP contribution < -0.4 is 15.4 Å². The average Bonchev–Trinajstić information content (AvgIpc) is 2.66. The number of aliphatic imine (C=N–C) groups is 1. The van der Waals surface area contributed by atoms with E-state index in [1.807, 2.05) is 12.1 Å². The molecule has 1 fully saturated rings. The molecule has 0 amide bonds. The lowest BCUT2D eigenvalue weighted by Gasteiger charge is -2.42. The van der Waals surface area contributed by atoms with Crippen molar-refractivity contribution in [3.63, 3.8) is 0 Å². The van der Waals surface area contributed by atoms with E-state index in [4.69, 9.17) is 14.5 Å². The number of aromatic nitrogens is 1. The third-order valence-electron chi connectivity index (χ3n) is 5.22. The van der Waals surface area contributed by atoms with Gasteiger partial charge in [-0.25, -0.2) is 9.98 Å². The Morgan fingerprint density at radius 3 is 2.78 bits per heavy atom. The van der Waals surface area contributed by atoms with Gasteiger partial charge in [-0.2, -0.15) is 0 Å². The molecule has 1 saturated carbocycles. The average molecular weight is 377 g/mol. The summed E-state index contributed by atoms with van der Waals surface area (Å²) >= 11 is 0. The van der Waals surface area contributed by atoms with Crippen LogP contribution in [0.2, 0.25) is 0 Å². The number of pyridine rings is 1. The molecule has 0 saturated heterocycles. The molecule has 0 bridgehead atoms. The quantitative estimate of drug-likeness (QED) is 0.332. The van der Waals surface area contributed by atoms with Crippen LogP contribution in [-0.4, -0.2) is 44.4 Å². The van der Waals surface area contributed by atoms with Crippen LogP contribution in [0.4, 0.5) is 0 Å². The van der Waals surface area contributed by atoms with Crippen LogP contribution in [0.25, 0.3) is 0 Å². The van der Waals surface area contributed by atoms with Gasteiger partial charge in [0.2, 0.25) is 5.88 Å². The molecule has 2 rings (SSSR count). The first-order chi connectivity index (χ1) is 13.2. The van der Waals surface area contributed by atoms with Gasteiger partial charge < -0.3 is 20.1 Å². The normalized spacial score (nSPS) is 15.9. The van der Waals surface area contributed by atoms with E-state index in [1.54, 1.807) is 13.3 Å². The molecular weight excluding hydrogens is 340 g/mol. The van der Waals surface area contributed by atoms with Crippen molar-refractivity contribution in [2.45, 2.75) is 58.9 Å². The second kappa shape index (κ2) is 11.8. The second-order valence-corrected chi connectivity index (χ2v) is 7.31. The van der Waals surface area contributed by atoms with Gasteiger partial charge in [-0.3, -0.25) is 0 Å². The van der Waals surface area contributed by atoms with Crippen molar-refractivity contribution in [1.82, 2.24) is 15.6 Å². The van der Waals surface area contributed by atoms with E-state index in [-0.39, 0.29) is 0 Å². The molecule has 0 unspecified atom stereocenters. The first kappa shape index (κ1) is 21.5. The minimum absolute atomic E-state index is 0.356. The van der Waals surface area contributed by atoms with Gasteiger partial charge >= 0.3 is 0 Å². The van der Waals surface area contributed by atoms with E-state index in [1.165, 1.54) is 19.3 Å². The number of rotatable bonds is 12. The maximum Gasteiger partial charge on any atom is 0.218 e. The summed E-state index contributed by atoms with van der Waals surface area (Å²) in [6.07, 6.45) is 8.86. The molecule has 1 aromatic rings. The van der Waals surface area contributed by atoms with Gasteiger partial charge in [0.15, 0.2) is 5.96 Å². The number of ether oxygens (including phenoxy) is 2. The summed E-state index contributed by atoms with van der Waals surface area (Å²) in [6.45, 7) is 8.09. The first-order valence-electron chi connectivity index (χ1n) is 10.3. The van der Waals surface area contributed by atoms with E-state index >= 15 is 0 Å².